The van der Waals surface area contributed by atoms with Crippen LogP contribution in [0.2, 0.25) is 0 Å². The molecule has 0 saturated heterocycles. The number of aliphatic imine (C=N–C) groups is 2. The summed E-state index contributed by atoms with van der Waals surface area (Å²) in [5.41, 5.74) is 2.96. The number of allylic oxidation sites excluding steroid dienone is 5. The third-order valence-electron chi connectivity index (χ3n) is 4.10. The number of carbonyl (C=O) groups is 1. The second-order valence-corrected chi connectivity index (χ2v) is 5.70. The number of guanidine groups is 1. The SMILES string of the molecule is CCOC1=C2C=CC=CC=C2N2CC(C(=O)c3ccccc3)=NC2=N1. The molecular formula is C20H17N3O2. The minimum atomic E-state index is -0.0717. The van der Waals surface area contributed by atoms with Gasteiger partial charge in [-0.3, -0.25) is 4.79 Å². The van der Waals surface area contributed by atoms with Crippen molar-refractivity contribution < 1.29 is 9.53 Å². The predicted octanol–water partition coefficient (Wildman–Crippen LogP) is 3.25. The molecular weight excluding hydrogens is 314 g/mol. The highest BCUT2D eigenvalue weighted by Gasteiger charge is 2.34. The Hall–Kier alpha value is -3.21. The molecule has 2 aliphatic heterocycles. The van der Waals surface area contributed by atoms with Gasteiger partial charge in [-0.05, 0) is 19.1 Å². The highest BCUT2D eigenvalue weighted by Crippen LogP contribution is 2.31. The van der Waals surface area contributed by atoms with Crippen molar-refractivity contribution in [3.63, 3.8) is 0 Å². The molecule has 3 aliphatic rings. The maximum absolute atomic E-state index is 12.7. The van der Waals surface area contributed by atoms with Gasteiger partial charge in [-0.15, -0.1) is 0 Å². The molecule has 0 radical (unpaired) electrons. The summed E-state index contributed by atoms with van der Waals surface area (Å²) >= 11 is 0. The lowest BCUT2D eigenvalue weighted by molar-refractivity contribution is 0.106. The second-order valence-electron chi connectivity index (χ2n) is 5.70. The van der Waals surface area contributed by atoms with Crippen LogP contribution >= 0.6 is 0 Å². The van der Waals surface area contributed by atoms with Crippen molar-refractivity contribution in [3.8, 4) is 0 Å². The minimum absolute atomic E-state index is 0.0717. The second kappa shape index (κ2) is 6.36. The lowest BCUT2D eigenvalue weighted by atomic mass is 10.1. The molecule has 0 spiro atoms. The van der Waals surface area contributed by atoms with Gasteiger partial charge in [-0.25, -0.2) is 4.99 Å². The lowest BCUT2D eigenvalue weighted by Crippen LogP contribution is -2.32. The lowest BCUT2D eigenvalue weighted by Gasteiger charge is -2.26. The van der Waals surface area contributed by atoms with Crippen LogP contribution in [-0.4, -0.2) is 35.5 Å². The summed E-state index contributed by atoms with van der Waals surface area (Å²) in [6, 6.07) is 9.19. The summed E-state index contributed by atoms with van der Waals surface area (Å²) in [4.78, 5) is 23.7. The van der Waals surface area contributed by atoms with Gasteiger partial charge in [0.15, 0.2) is 0 Å². The van der Waals surface area contributed by atoms with Crippen molar-refractivity contribution in [2.45, 2.75) is 6.92 Å². The molecule has 0 amide bonds. The van der Waals surface area contributed by atoms with Crippen LogP contribution in [0.25, 0.3) is 0 Å². The van der Waals surface area contributed by atoms with E-state index >= 15 is 0 Å². The number of hydrogen-bond acceptors (Lipinski definition) is 5. The Labute approximate surface area is 146 Å². The Morgan fingerprint density at radius 2 is 2.00 bits per heavy atom. The molecule has 0 aromatic heterocycles. The van der Waals surface area contributed by atoms with Crippen LogP contribution in [0.1, 0.15) is 17.3 Å². The summed E-state index contributed by atoms with van der Waals surface area (Å²) in [6.45, 7) is 2.84. The van der Waals surface area contributed by atoms with Crippen LogP contribution < -0.4 is 0 Å². The van der Waals surface area contributed by atoms with Crippen molar-refractivity contribution in [3.05, 3.63) is 83.4 Å². The van der Waals surface area contributed by atoms with Crippen LogP contribution in [0, 0.1) is 0 Å². The topological polar surface area (TPSA) is 54.3 Å². The summed E-state index contributed by atoms with van der Waals surface area (Å²) in [5, 5.41) is 0. The zero-order chi connectivity index (χ0) is 17.2. The average molecular weight is 331 g/mol. The number of fused-ring (bicyclic) bond motifs is 3. The van der Waals surface area contributed by atoms with E-state index in [9.17, 15) is 4.79 Å². The van der Waals surface area contributed by atoms with Gasteiger partial charge in [0, 0.05) is 5.56 Å². The van der Waals surface area contributed by atoms with E-state index in [1.54, 1.807) is 12.1 Å². The predicted molar refractivity (Wildman–Crippen MR) is 97.4 cm³/mol. The molecule has 4 rings (SSSR count). The van der Waals surface area contributed by atoms with E-state index in [4.69, 9.17) is 4.74 Å². The highest BCUT2D eigenvalue weighted by molar-refractivity contribution is 6.49. The van der Waals surface area contributed by atoms with E-state index in [0.717, 1.165) is 11.3 Å². The molecule has 0 N–H and O–H groups in total. The monoisotopic (exact) mass is 331 g/mol. The number of rotatable bonds is 4. The average Bonchev–Trinajstić information content (AvgIpc) is 2.91. The van der Waals surface area contributed by atoms with E-state index < -0.39 is 0 Å². The highest BCUT2D eigenvalue weighted by atomic mass is 16.5. The van der Waals surface area contributed by atoms with E-state index in [1.807, 2.05) is 60.4 Å². The first-order chi connectivity index (χ1) is 12.3. The summed E-state index contributed by atoms with van der Waals surface area (Å²) in [7, 11) is 0. The first kappa shape index (κ1) is 15.3. The quantitative estimate of drug-likeness (QED) is 0.796. The molecule has 2 heterocycles. The van der Waals surface area contributed by atoms with Crippen LogP contribution in [0.4, 0.5) is 0 Å². The van der Waals surface area contributed by atoms with Crippen LogP contribution in [0.15, 0.2) is 87.8 Å². The number of ketones is 1. The van der Waals surface area contributed by atoms with Gasteiger partial charge >= 0.3 is 0 Å². The first-order valence-electron chi connectivity index (χ1n) is 8.24. The minimum Gasteiger partial charge on any atom is -0.477 e. The molecule has 0 atom stereocenters. The van der Waals surface area contributed by atoms with Gasteiger partial charge in [0.1, 0.15) is 5.71 Å². The molecule has 0 unspecified atom stereocenters. The Morgan fingerprint density at radius 3 is 2.80 bits per heavy atom. The number of nitrogens with zero attached hydrogens (tertiary/aromatic N) is 3. The summed E-state index contributed by atoms with van der Waals surface area (Å²) < 4.78 is 5.69. The third kappa shape index (κ3) is 2.74. The summed E-state index contributed by atoms with van der Waals surface area (Å²) in [5.74, 6) is 0.969. The Kier molecular flexibility index (Phi) is 3.90. The van der Waals surface area contributed by atoms with Crippen molar-refractivity contribution in [1.29, 1.82) is 0 Å². The number of benzene rings is 1. The van der Waals surface area contributed by atoms with E-state index in [1.165, 1.54) is 0 Å². The fraction of sp³-hybridized carbons (Fsp3) is 0.150. The fourth-order valence-corrected chi connectivity index (χ4v) is 2.95. The van der Waals surface area contributed by atoms with Gasteiger partial charge in [0.05, 0.1) is 24.4 Å². The smallest absolute Gasteiger partial charge is 0.234 e. The van der Waals surface area contributed by atoms with Crippen molar-refractivity contribution in [2.24, 2.45) is 9.98 Å². The Balaban J connectivity index is 1.73. The van der Waals surface area contributed by atoms with Gasteiger partial charge in [-0.2, -0.15) is 4.99 Å². The maximum atomic E-state index is 12.7. The van der Waals surface area contributed by atoms with Crippen LogP contribution in [0.3, 0.4) is 0 Å². The molecule has 124 valence electrons. The van der Waals surface area contributed by atoms with E-state index in [2.05, 4.69) is 9.98 Å². The zero-order valence-corrected chi connectivity index (χ0v) is 13.8. The fourth-order valence-electron chi connectivity index (χ4n) is 2.95. The van der Waals surface area contributed by atoms with Gasteiger partial charge in [-0.1, -0.05) is 48.6 Å². The first-order valence-corrected chi connectivity index (χ1v) is 8.24. The van der Waals surface area contributed by atoms with E-state index in [-0.39, 0.29) is 5.78 Å². The normalized spacial score (nSPS) is 18.1. The molecule has 0 bridgehead atoms. The van der Waals surface area contributed by atoms with E-state index in [0.29, 0.717) is 36.3 Å². The van der Waals surface area contributed by atoms with Gasteiger partial charge in [0.2, 0.25) is 17.6 Å². The van der Waals surface area contributed by atoms with Crippen molar-refractivity contribution in [2.75, 3.05) is 13.2 Å². The number of Topliss-reactive ketones (excluding diaryl/α,β-unsaturated/α-hetero) is 1. The van der Waals surface area contributed by atoms with Crippen molar-refractivity contribution in [1.82, 2.24) is 4.90 Å². The number of ether oxygens (including phenoxy) is 1. The van der Waals surface area contributed by atoms with Gasteiger partial charge < -0.3 is 9.64 Å². The largest absolute Gasteiger partial charge is 0.477 e. The molecule has 5 heteroatoms. The molecule has 0 saturated carbocycles. The Bertz CT molecular complexity index is 902. The molecule has 1 aromatic rings. The molecule has 1 aromatic carbocycles. The maximum Gasteiger partial charge on any atom is 0.234 e. The standard InChI is InChI=1S/C20H17N3O2/c1-2-25-19-15-11-7-4-8-12-17(15)23-13-16(21-20(23)22-19)18(24)14-9-5-3-6-10-14/h3-12H,2,13H2,1H3. The van der Waals surface area contributed by atoms with Crippen LogP contribution in [-0.2, 0) is 4.74 Å². The zero-order valence-electron chi connectivity index (χ0n) is 13.8. The number of carbonyl (C=O) groups excluding carboxylic acids is 1. The summed E-state index contributed by atoms with van der Waals surface area (Å²) in [6.07, 6.45) is 9.83. The Morgan fingerprint density at radius 1 is 1.16 bits per heavy atom. The van der Waals surface area contributed by atoms with Crippen LogP contribution in [0.5, 0.6) is 0 Å². The number of hydrogen-bond donors (Lipinski definition) is 0. The van der Waals surface area contributed by atoms with Crippen molar-refractivity contribution >= 4 is 17.5 Å². The molecule has 0 fully saturated rings. The van der Waals surface area contributed by atoms with Gasteiger partial charge in [0.25, 0.3) is 0 Å². The molecule has 5 nitrogen and oxygen atoms in total. The third-order valence-corrected chi connectivity index (χ3v) is 4.10. The molecule has 1 aliphatic carbocycles. The molecule has 25 heavy (non-hydrogen) atoms.